The molecular weight excluding hydrogens is 518 g/mol. The van der Waals surface area contributed by atoms with Crippen molar-refractivity contribution >= 4 is 28.7 Å². The maximum atomic E-state index is 14.1. The lowest BCUT2D eigenvalue weighted by Crippen LogP contribution is -2.44. The second-order valence-electron chi connectivity index (χ2n) is 11.4. The van der Waals surface area contributed by atoms with Crippen LogP contribution < -0.4 is 21.3 Å². The number of rotatable bonds is 9. The third-order valence-electron chi connectivity index (χ3n) is 7.42. The van der Waals surface area contributed by atoms with E-state index in [2.05, 4.69) is 25.5 Å². The second kappa shape index (κ2) is 12.0. The van der Waals surface area contributed by atoms with Crippen molar-refractivity contribution < 1.29 is 18.3 Å². The first-order valence-electron chi connectivity index (χ1n) is 14.0. The van der Waals surface area contributed by atoms with Crippen molar-refractivity contribution in [1.29, 1.82) is 0 Å². The summed E-state index contributed by atoms with van der Waals surface area (Å²) >= 11 is 0. The van der Waals surface area contributed by atoms with Crippen LogP contribution in [0.25, 0.3) is 16.9 Å². The van der Waals surface area contributed by atoms with E-state index in [9.17, 15) is 13.6 Å². The number of nitrogens with one attached hydrogen (secondary N) is 2. The summed E-state index contributed by atoms with van der Waals surface area (Å²) in [5.41, 5.74) is 6.49. The summed E-state index contributed by atoms with van der Waals surface area (Å²) in [6.07, 6.45) is 1.21. The number of hydrogen-bond donors (Lipinski definition) is 3. The Morgan fingerprint density at radius 3 is 2.50 bits per heavy atom. The normalized spacial score (nSPS) is 20.2. The molecule has 12 heteroatoms. The van der Waals surface area contributed by atoms with Gasteiger partial charge in [-0.15, -0.1) is 0 Å². The number of aromatic nitrogens is 4. The molecule has 216 valence electrons. The Morgan fingerprint density at radius 2 is 1.80 bits per heavy atom. The molecule has 4 N–H and O–H groups in total. The largest absolute Gasteiger partial charge is 0.378 e. The number of amides is 1. The molecule has 10 nitrogen and oxygen atoms in total. The van der Waals surface area contributed by atoms with Gasteiger partial charge in [0.25, 0.3) is 6.43 Å². The zero-order valence-electron chi connectivity index (χ0n) is 23.1. The van der Waals surface area contributed by atoms with Crippen molar-refractivity contribution in [3.8, 4) is 5.82 Å². The van der Waals surface area contributed by atoms with E-state index in [1.807, 2.05) is 13.8 Å². The lowest BCUT2D eigenvalue weighted by atomic mass is 9.86. The first kappa shape index (κ1) is 28.2. The Morgan fingerprint density at radius 1 is 1.10 bits per heavy atom. The number of carbonyl (C=O) groups is 1. The second-order valence-corrected chi connectivity index (χ2v) is 11.4. The molecule has 1 amide bonds. The van der Waals surface area contributed by atoms with E-state index < -0.39 is 12.0 Å². The van der Waals surface area contributed by atoms with Gasteiger partial charge < -0.3 is 26.0 Å². The highest BCUT2D eigenvalue weighted by Gasteiger charge is 2.26. The smallest absolute Gasteiger partial charge is 0.296 e. The Kier molecular flexibility index (Phi) is 8.46. The number of nitrogens with zero attached hydrogens (tertiary/aromatic N) is 5. The minimum Gasteiger partial charge on any atom is -0.378 e. The Balaban J connectivity index is 1.33. The van der Waals surface area contributed by atoms with Crippen LogP contribution in [0.5, 0.6) is 0 Å². The van der Waals surface area contributed by atoms with Crippen molar-refractivity contribution in [1.82, 2.24) is 24.8 Å². The van der Waals surface area contributed by atoms with Gasteiger partial charge >= 0.3 is 0 Å². The molecule has 0 atom stereocenters. The SMILES string of the molecule is CC(C)(N)CC(=O)N[C@H]1CC[C@H](CNc2nc(N3CCOCC3)cc(-n3c(C(F)F)nc4ccccc43)n2)CC1. The van der Waals surface area contributed by atoms with Crippen molar-refractivity contribution in [2.75, 3.05) is 43.1 Å². The molecule has 40 heavy (non-hydrogen) atoms. The van der Waals surface area contributed by atoms with E-state index in [0.29, 0.717) is 73.8 Å². The molecular formula is C28H38F2N8O2. The van der Waals surface area contributed by atoms with Crippen molar-refractivity contribution in [2.45, 2.75) is 64.0 Å². The summed E-state index contributed by atoms with van der Waals surface area (Å²) in [6, 6.07) is 8.96. The molecule has 0 bridgehead atoms. The van der Waals surface area contributed by atoms with Gasteiger partial charge in [0.1, 0.15) is 11.6 Å². The molecule has 1 saturated heterocycles. The Labute approximate surface area is 232 Å². The van der Waals surface area contributed by atoms with Crippen LogP contribution >= 0.6 is 0 Å². The fourth-order valence-electron chi connectivity index (χ4n) is 5.44. The first-order chi connectivity index (χ1) is 19.2. The summed E-state index contributed by atoms with van der Waals surface area (Å²) in [6.45, 7) is 6.79. The number of fused-ring (bicyclic) bond motifs is 1. The van der Waals surface area contributed by atoms with Gasteiger partial charge in [0.05, 0.1) is 24.2 Å². The van der Waals surface area contributed by atoms with Crippen molar-refractivity contribution in [3.05, 3.63) is 36.2 Å². The average molecular weight is 557 g/mol. The number of nitrogens with two attached hydrogens (primary N) is 1. The fraction of sp³-hybridized carbons (Fsp3) is 0.571. The van der Waals surface area contributed by atoms with E-state index in [0.717, 1.165) is 25.7 Å². The number of para-hydroxylation sites is 2. The quantitative estimate of drug-likeness (QED) is 0.364. The number of alkyl halides is 2. The van der Waals surface area contributed by atoms with Gasteiger partial charge in [0.15, 0.2) is 5.82 Å². The molecule has 3 aromatic rings. The van der Waals surface area contributed by atoms with E-state index in [4.69, 9.17) is 15.5 Å². The molecule has 2 aliphatic rings. The number of imidazole rings is 1. The standard InChI is InChI=1S/C28H38F2N8O2/c1-28(2,31)16-24(39)33-19-9-7-18(8-10-19)17-32-27-35-22(37-11-13-40-14-12-37)15-23(36-27)38-21-6-4-3-5-20(21)34-26(38)25(29)30/h3-6,15,18-19,25H,7-14,16-17,31H2,1-2H3,(H,33,39)(H,32,35,36)/t18-,19-. The fourth-order valence-corrected chi connectivity index (χ4v) is 5.44. The zero-order valence-corrected chi connectivity index (χ0v) is 23.1. The van der Waals surface area contributed by atoms with Crippen molar-refractivity contribution in [3.63, 3.8) is 0 Å². The molecule has 5 rings (SSSR count). The molecule has 1 aromatic carbocycles. The minimum atomic E-state index is -2.77. The molecule has 0 unspecified atom stereocenters. The number of halogens is 2. The number of ether oxygens (including phenoxy) is 1. The van der Waals surface area contributed by atoms with Crippen LogP contribution in [0.1, 0.15) is 58.2 Å². The summed E-state index contributed by atoms with van der Waals surface area (Å²) in [5.74, 6) is 1.41. The first-order valence-corrected chi connectivity index (χ1v) is 14.0. The third-order valence-corrected chi connectivity index (χ3v) is 7.42. The van der Waals surface area contributed by atoms with Gasteiger partial charge in [-0.3, -0.25) is 9.36 Å². The topological polar surface area (TPSA) is 123 Å². The molecule has 2 aromatic heterocycles. The molecule has 0 spiro atoms. The summed E-state index contributed by atoms with van der Waals surface area (Å²) in [4.78, 5) is 28.0. The van der Waals surface area contributed by atoms with Crippen LogP contribution in [-0.4, -0.2) is 69.9 Å². The number of anilines is 2. The molecule has 2 fully saturated rings. The van der Waals surface area contributed by atoms with E-state index >= 15 is 0 Å². The van der Waals surface area contributed by atoms with Crippen LogP contribution in [0, 0.1) is 5.92 Å². The minimum absolute atomic E-state index is 0.00914. The van der Waals surface area contributed by atoms with Crippen LogP contribution in [-0.2, 0) is 9.53 Å². The van der Waals surface area contributed by atoms with Crippen LogP contribution in [0.3, 0.4) is 0 Å². The van der Waals surface area contributed by atoms with Gasteiger partial charge in [0.2, 0.25) is 11.9 Å². The van der Waals surface area contributed by atoms with Crippen LogP contribution in [0.4, 0.5) is 20.5 Å². The molecule has 3 heterocycles. The highest BCUT2D eigenvalue weighted by molar-refractivity contribution is 5.78. The van der Waals surface area contributed by atoms with Gasteiger partial charge in [-0.1, -0.05) is 12.1 Å². The maximum Gasteiger partial charge on any atom is 0.296 e. The number of morpholine rings is 1. The van der Waals surface area contributed by atoms with E-state index in [1.54, 1.807) is 30.3 Å². The highest BCUT2D eigenvalue weighted by atomic mass is 19.3. The summed E-state index contributed by atoms with van der Waals surface area (Å²) in [5, 5.41) is 6.49. The van der Waals surface area contributed by atoms with Crippen molar-refractivity contribution in [2.24, 2.45) is 11.7 Å². The number of carbonyl (C=O) groups excluding carboxylic acids is 1. The van der Waals surface area contributed by atoms with Crippen LogP contribution in [0.2, 0.25) is 0 Å². The van der Waals surface area contributed by atoms with Gasteiger partial charge in [-0.2, -0.15) is 9.97 Å². The predicted molar refractivity (Wildman–Crippen MR) is 150 cm³/mol. The van der Waals surface area contributed by atoms with Gasteiger partial charge in [-0.05, 0) is 57.6 Å². The van der Waals surface area contributed by atoms with Crippen LogP contribution in [0.15, 0.2) is 30.3 Å². The van der Waals surface area contributed by atoms with Gasteiger partial charge in [-0.25, -0.2) is 13.8 Å². The molecule has 1 saturated carbocycles. The van der Waals surface area contributed by atoms with E-state index in [-0.39, 0.29) is 17.8 Å². The monoisotopic (exact) mass is 556 g/mol. The Bertz CT molecular complexity index is 1310. The van der Waals surface area contributed by atoms with Gasteiger partial charge in [0, 0.05) is 43.7 Å². The number of benzene rings is 1. The average Bonchev–Trinajstić information content (AvgIpc) is 3.32. The Hall–Kier alpha value is -3.38. The molecule has 1 aliphatic carbocycles. The third kappa shape index (κ3) is 6.84. The zero-order chi connectivity index (χ0) is 28.3. The predicted octanol–water partition coefficient (Wildman–Crippen LogP) is 3.80. The summed E-state index contributed by atoms with van der Waals surface area (Å²) < 4.78 is 35.1. The summed E-state index contributed by atoms with van der Waals surface area (Å²) in [7, 11) is 0. The lowest BCUT2D eigenvalue weighted by Gasteiger charge is -2.30. The maximum absolute atomic E-state index is 14.1. The molecule has 1 aliphatic heterocycles. The lowest BCUT2D eigenvalue weighted by molar-refractivity contribution is -0.123. The molecule has 0 radical (unpaired) electrons. The highest BCUT2D eigenvalue weighted by Crippen LogP contribution is 2.30. The number of hydrogen-bond acceptors (Lipinski definition) is 8. The van der Waals surface area contributed by atoms with E-state index in [1.165, 1.54) is 4.57 Å².